The number of amides is 1. The molecule has 1 aromatic rings. The van der Waals surface area contributed by atoms with Crippen molar-refractivity contribution in [2.45, 2.75) is 33.7 Å². The molecule has 18 heavy (non-hydrogen) atoms. The van der Waals surface area contributed by atoms with Crippen LogP contribution in [-0.4, -0.2) is 17.4 Å². The van der Waals surface area contributed by atoms with Gasteiger partial charge in [-0.15, -0.1) is 0 Å². The second kappa shape index (κ2) is 6.15. The summed E-state index contributed by atoms with van der Waals surface area (Å²) >= 11 is 1.09. The predicted octanol–water partition coefficient (Wildman–Crippen LogP) is 1.06. The molecule has 0 saturated carbocycles. The summed E-state index contributed by atoms with van der Waals surface area (Å²) in [7, 11) is 0. The number of aromatic amines is 1. The molecule has 0 spiro atoms. The fraction of sp³-hybridized carbons (Fsp3) is 0.667. The normalized spacial score (nSPS) is 13.3. The quantitative estimate of drug-likeness (QED) is 0.748. The van der Waals surface area contributed by atoms with E-state index in [1.54, 1.807) is 5.38 Å². The van der Waals surface area contributed by atoms with Gasteiger partial charge in [0.05, 0.1) is 12.5 Å². The highest BCUT2D eigenvalue weighted by molar-refractivity contribution is 7.07. The lowest BCUT2D eigenvalue weighted by molar-refractivity contribution is -0.125. The first-order valence-electron chi connectivity index (χ1n) is 5.96. The van der Waals surface area contributed by atoms with E-state index in [-0.39, 0.29) is 22.1 Å². The van der Waals surface area contributed by atoms with Gasteiger partial charge in [0.2, 0.25) is 5.91 Å². The van der Waals surface area contributed by atoms with Crippen molar-refractivity contribution in [1.29, 1.82) is 0 Å². The first-order valence-corrected chi connectivity index (χ1v) is 6.84. The van der Waals surface area contributed by atoms with E-state index in [0.717, 1.165) is 23.5 Å². The average molecular weight is 271 g/mol. The molecule has 4 N–H and O–H groups in total. The molecule has 0 bridgehead atoms. The van der Waals surface area contributed by atoms with E-state index >= 15 is 0 Å². The van der Waals surface area contributed by atoms with Crippen molar-refractivity contribution in [3.63, 3.8) is 0 Å². The van der Waals surface area contributed by atoms with E-state index < -0.39 is 0 Å². The number of carbonyl (C=O) groups is 1. The van der Waals surface area contributed by atoms with Gasteiger partial charge in [0.25, 0.3) is 0 Å². The Morgan fingerprint density at radius 1 is 1.56 bits per heavy atom. The highest BCUT2D eigenvalue weighted by Gasteiger charge is 2.23. The number of thiazole rings is 1. The summed E-state index contributed by atoms with van der Waals surface area (Å²) in [6, 6.07) is 0. The minimum Gasteiger partial charge on any atom is -0.350 e. The van der Waals surface area contributed by atoms with Crippen molar-refractivity contribution in [3.8, 4) is 0 Å². The molecule has 6 heteroatoms. The van der Waals surface area contributed by atoms with Crippen LogP contribution in [0.3, 0.4) is 0 Å². The van der Waals surface area contributed by atoms with Crippen LogP contribution in [0.15, 0.2) is 10.2 Å². The third-order valence-electron chi connectivity index (χ3n) is 2.54. The number of nitrogens with two attached hydrogens (primary N) is 1. The summed E-state index contributed by atoms with van der Waals surface area (Å²) < 4.78 is 0. The molecule has 0 aliphatic rings. The Kier molecular flexibility index (Phi) is 5.10. The molecular formula is C12H21N3O2S. The molecule has 1 amide bonds. The summed E-state index contributed by atoms with van der Waals surface area (Å²) in [5.41, 5.74) is 6.43. The van der Waals surface area contributed by atoms with Crippen LogP contribution in [0.1, 0.15) is 32.9 Å². The second-order valence-corrected chi connectivity index (χ2v) is 6.43. The Bertz CT molecular complexity index is 445. The molecule has 1 rings (SSSR count). The van der Waals surface area contributed by atoms with Gasteiger partial charge in [-0.2, -0.15) is 0 Å². The number of carbonyl (C=O) groups excluding carboxylic acids is 1. The maximum Gasteiger partial charge on any atom is 0.304 e. The summed E-state index contributed by atoms with van der Waals surface area (Å²) in [4.78, 5) is 25.4. The highest BCUT2D eigenvalue weighted by Crippen LogP contribution is 2.23. The fourth-order valence-corrected chi connectivity index (χ4v) is 2.33. The molecule has 0 aromatic carbocycles. The van der Waals surface area contributed by atoms with Crippen LogP contribution in [0.25, 0.3) is 0 Å². The van der Waals surface area contributed by atoms with E-state index in [2.05, 4.69) is 31.1 Å². The number of nitrogens with one attached hydrogen (secondary N) is 2. The molecular weight excluding hydrogens is 250 g/mol. The van der Waals surface area contributed by atoms with Gasteiger partial charge in [-0.25, -0.2) is 0 Å². The molecule has 1 atom stereocenters. The zero-order valence-electron chi connectivity index (χ0n) is 11.1. The van der Waals surface area contributed by atoms with E-state index in [9.17, 15) is 9.59 Å². The van der Waals surface area contributed by atoms with Crippen LogP contribution in [0.2, 0.25) is 0 Å². The van der Waals surface area contributed by atoms with E-state index in [1.807, 2.05) is 0 Å². The molecule has 0 aliphatic carbocycles. The van der Waals surface area contributed by atoms with Crippen LogP contribution < -0.4 is 15.9 Å². The van der Waals surface area contributed by atoms with Gasteiger partial charge in [-0.1, -0.05) is 32.1 Å². The average Bonchev–Trinajstić information content (AvgIpc) is 2.67. The first kappa shape index (κ1) is 14.9. The summed E-state index contributed by atoms with van der Waals surface area (Å²) in [6.07, 6.45) is 0.746. The third-order valence-corrected chi connectivity index (χ3v) is 3.26. The number of hydrogen-bond acceptors (Lipinski definition) is 4. The first-order chi connectivity index (χ1) is 8.31. The maximum absolute atomic E-state index is 12.0. The highest BCUT2D eigenvalue weighted by atomic mass is 32.1. The summed E-state index contributed by atoms with van der Waals surface area (Å²) in [5, 5.41) is 4.52. The number of H-pyrrole nitrogens is 1. The molecule has 1 heterocycles. The number of hydrogen-bond donors (Lipinski definition) is 3. The minimum atomic E-state index is -0.185. The van der Waals surface area contributed by atoms with Gasteiger partial charge >= 0.3 is 4.87 Å². The zero-order valence-corrected chi connectivity index (χ0v) is 11.9. The fourth-order valence-electron chi connectivity index (χ4n) is 1.75. The van der Waals surface area contributed by atoms with Gasteiger partial charge < -0.3 is 16.0 Å². The Morgan fingerprint density at radius 2 is 2.22 bits per heavy atom. The van der Waals surface area contributed by atoms with Gasteiger partial charge in [0.15, 0.2) is 0 Å². The lowest BCUT2D eigenvalue weighted by atomic mass is 9.84. The van der Waals surface area contributed by atoms with Gasteiger partial charge in [-0.3, -0.25) is 9.59 Å². The summed E-state index contributed by atoms with van der Waals surface area (Å²) in [5.74, 6) is -0.241. The molecule has 0 radical (unpaired) electrons. The smallest absolute Gasteiger partial charge is 0.304 e. The van der Waals surface area contributed by atoms with Gasteiger partial charge in [0, 0.05) is 17.6 Å². The third kappa shape index (κ3) is 5.01. The van der Waals surface area contributed by atoms with E-state index in [4.69, 9.17) is 5.73 Å². The molecule has 1 aromatic heterocycles. The van der Waals surface area contributed by atoms with E-state index in [0.29, 0.717) is 13.1 Å². The summed E-state index contributed by atoms with van der Waals surface area (Å²) in [6.45, 7) is 6.93. The van der Waals surface area contributed by atoms with Gasteiger partial charge in [-0.05, 0) is 11.8 Å². The maximum atomic E-state index is 12.0. The van der Waals surface area contributed by atoms with E-state index in [1.165, 1.54) is 0 Å². The second-order valence-electron chi connectivity index (χ2n) is 5.59. The van der Waals surface area contributed by atoms with Crippen molar-refractivity contribution in [2.75, 3.05) is 6.54 Å². The van der Waals surface area contributed by atoms with Crippen molar-refractivity contribution >= 4 is 17.2 Å². The van der Waals surface area contributed by atoms with Crippen LogP contribution in [0, 0.1) is 11.3 Å². The number of aromatic nitrogens is 1. The standard InChI is InChI=1S/C12H21N3O2S/c1-12(2,3)4-8(5-13)10(16)14-6-9-7-18-11(17)15-9/h7-8H,4-6,13H2,1-3H3,(H,14,16)(H,15,17). The topological polar surface area (TPSA) is 88.0 Å². The molecule has 0 saturated heterocycles. The Morgan fingerprint density at radius 3 is 2.67 bits per heavy atom. The van der Waals surface area contributed by atoms with Crippen molar-refractivity contribution in [3.05, 3.63) is 20.7 Å². The molecule has 102 valence electrons. The monoisotopic (exact) mass is 271 g/mol. The SMILES string of the molecule is CC(C)(C)CC(CN)C(=O)NCc1csc(=O)[nH]1. The van der Waals surface area contributed by atoms with Crippen LogP contribution in [0.5, 0.6) is 0 Å². The molecule has 0 fully saturated rings. The lowest BCUT2D eigenvalue weighted by Gasteiger charge is -2.24. The van der Waals surface area contributed by atoms with Crippen molar-refractivity contribution in [2.24, 2.45) is 17.1 Å². The van der Waals surface area contributed by atoms with Crippen molar-refractivity contribution in [1.82, 2.24) is 10.3 Å². The Labute approximate surface area is 111 Å². The largest absolute Gasteiger partial charge is 0.350 e. The Balaban J connectivity index is 2.50. The Hall–Kier alpha value is -1.14. The molecule has 5 nitrogen and oxygen atoms in total. The predicted molar refractivity (Wildman–Crippen MR) is 73.4 cm³/mol. The lowest BCUT2D eigenvalue weighted by Crippen LogP contribution is -2.37. The van der Waals surface area contributed by atoms with Crippen molar-refractivity contribution < 1.29 is 4.79 Å². The van der Waals surface area contributed by atoms with Crippen LogP contribution >= 0.6 is 11.3 Å². The molecule has 0 aliphatic heterocycles. The zero-order chi connectivity index (χ0) is 13.8. The molecule has 1 unspecified atom stereocenters. The van der Waals surface area contributed by atoms with Crippen LogP contribution in [-0.2, 0) is 11.3 Å². The van der Waals surface area contributed by atoms with Crippen LogP contribution in [0.4, 0.5) is 0 Å². The minimum absolute atomic E-state index is 0.0560. The van der Waals surface area contributed by atoms with Gasteiger partial charge in [0.1, 0.15) is 0 Å². The number of rotatable bonds is 5.